The molecule has 2 aromatic rings. The van der Waals surface area contributed by atoms with Gasteiger partial charge in [-0.2, -0.15) is 0 Å². The zero-order valence-electron chi connectivity index (χ0n) is 19.5. The Balaban J connectivity index is 1.66. The van der Waals surface area contributed by atoms with Crippen molar-refractivity contribution in [1.29, 1.82) is 0 Å². The van der Waals surface area contributed by atoms with Gasteiger partial charge in [-0.3, -0.25) is 9.59 Å². The molecule has 32 heavy (non-hydrogen) atoms. The molecule has 0 aliphatic heterocycles. The van der Waals surface area contributed by atoms with Gasteiger partial charge >= 0.3 is 0 Å². The maximum Gasteiger partial charge on any atom is 0.251 e. The highest BCUT2D eigenvalue weighted by molar-refractivity contribution is 7.99. The molecule has 8 heteroatoms. The number of rotatable bonds is 9. The SMILES string of the molecule is CCn1c(SCC(=O)N[C@H]2CCCC[C@@H]2C)nnc1[C@H](NC(=O)c1ccccc1)C(C)C. The molecule has 0 unspecified atom stereocenters. The number of hydrogen-bond acceptors (Lipinski definition) is 5. The summed E-state index contributed by atoms with van der Waals surface area (Å²) in [6.45, 7) is 9.01. The molecule has 174 valence electrons. The van der Waals surface area contributed by atoms with Crippen molar-refractivity contribution >= 4 is 23.6 Å². The fourth-order valence-electron chi connectivity index (χ4n) is 4.19. The summed E-state index contributed by atoms with van der Waals surface area (Å²) in [5.74, 6) is 1.60. The molecule has 2 amide bonds. The Morgan fingerprint density at radius 1 is 1.16 bits per heavy atom. The van der Waals surface area contributed by atoms with E-state index in [0.29, 0.717) is 28.9 Å². The zero-order valence-corrected chi connectivity index (χ0v) is 20.3. The van der Waals surface area contributed by atoms with Crippen LogP contribution in [0.25, 0.3) is 0 Å². The number of nitrogens with zero attached hydrogens (tertiary/aromatic N) is 3. The average Bonchev–Trinajstić information content (AvgIpc) is 3.20. The van der Waals surface area contributed by atoms with Crippen LogP contribution in [-0.2, 0) is 11.3 Å². The monoisotopic (exact) mass is 457 g/mol. The second kappa shape index (κ2) is 11.5. The zero-order chi connectivity index (χ0) is 23.1. The van der Waals surface area contributed by atoms with E-state index in [4.69, 9.17) is 0 Å². The molecule has 3 rings (SSSR count). The second-order valence-electron chi connectivity index (χ2n) is 8.87. The van der Waals surface area contributed by atoms with Crippen molar-refractivity contribution in [3.63, 3.8) is 0 Å². The van der Waals surface area contributed by atoms with Crippen LogP contribution in [0.4, 0.5) is 0 Å². The first kappa shape index (κ1) is 24.3. The molecule has 1 aromatic carbocycles. The normalized spacial score (nSPS) is 19.5. The predicted molar refractivity (Wildman–Crippen MR) is 127 cm³/mol. The number of nitrogens with one attached hydrogen (secondary N) is 2. The second-order valence-corrected chi connectivity index (χ2v) is 9.81. The molecule has 3 atom stereocenters. The molecule has 1 fully saturated rings. The van der Waals surface area contributed by atoms with Crippen molar-refractivity contribution < 1.29 is 9.59 Å². The Hall–Kier alpha value is -2.35. The first-order chi connectivity index (χ1) is 15.4. The van der Waals surface area contributed by atoms with Gasteiger partial charge in [0.05, 0.1) is 11.8 Å². The average molecular weight is 458 g/mol. The van der Waals surface area contributed by atoms with E-state index < -0.39 is 0 Å². The lowest BCUT2D eigenvalue weighted by molar-refractivity contribution is -0.119. The van der Waals surface area contributed by atoms with Crippen LogP contribution in [0.3, 0.4) is 0 Å². The third-order valence-corrected chi connectivity index (χ3v) is 7.09. The summed E-state index contributed by atoms with van der Waals surface area (Å²) in [5, 5.41) is 15.8. The molecule has 7 nitrogen and oxygen atoms in total. The van der Waals surface area contributed by atoms with Gasteiger partial charge in [-0.05, 0) is 43.7 Å². The highest BCUT2D eigenvalue weighted by atomic mass is 32.2. The molecule has 1 aromatic heterocycles. The lowest BCUT2D eigenvalue weighted by Crippen LogP contribution is -2.41. The molecule has 0 saturated heterocycles. The summed E-state index contributed by atoms with van der Waals surface area (Å²) in [4.78, 5) is 25.3. The molecular weight excluding hydrogens is 422 g/mol. The third kappa shape index (κ3) is 6.12. The molecule has 1 aliphatic carbocycles. The summed E-state index contributed by atoms with van der Waals surface area (Å²) in [6.07, 6.45) is 4.67. The van der Waals surface area contributed by atoms with Gasteiger partial charge in [0.15, 0.2) is 11.0 Å². The maximum atomic E-state index is 12.7. The van der Waals surface area contributed by atoms with Crippen molar-refractivity contribution in [3.8, 4) is 0 Å². The number of aromatic nitrogens is 3. The van der Waals surface area contributed by atoms with Crippen molar-refractivity contribution in [2.24, 2.45) is 11.8 Å². The van der Waals surface area contributed by atoms with Crippen LogP contribution in [-0.4, -0.2) is 38.4 Å². The van der Waals surface area contributed by atoms with E-state index in [1.54, 1.807) is 12.1 Å². The third-order valence-electron chi connectivity index (χ3n) is 6.12. The lowest BCUT2D eigenvalue weighted by Gasteiger charge is -2.29. The van der Waals surface area contributed by atoms with E-state index in [2.05, 4.69) is 41.6 Å². The van der Waals surface area contributed by atoms with Gasteiger partial charge in [0.2, 0.25) is 5.91 Å². The van der Waals surface area contributed by atoms with Crippen LogP contribution < -0.4 is 10.6 Å². The molecule has 1 aliphatic rings. The Morgan fingerprint density at radius 3 is 2.53 bits per heavy atom. The highest BCUT2D eigenvalue weighted by Gasteiger charge is 2.27. The van der Waals surface area contributed by atoms with Gasteiger partial charge in [-0.15, -0.1) is 10.2 Å². The first-order valence-corrected chi connectivity index (χ1v) is 12.6. The maximum absolute atomic E-state index is 12.7. The fourth-order valence-corrected chi connectivity index (χ4v) is 5.01. The van der Waals surface area contributed by atoms with Crippen molar-refractivity contribution in [1.82, 2.24) is 25.4 Å². The van der Waals surface area contributed by atoms with E-state index in [0.717, 1.165) is 12.2 Å². The molecule has 2 N–H and O–H groups in total. The highest BCUT2D eigenvalue weighted by Crippen LogP contribution is 2.26. The van der Waals surface area contributed by atoms with Gasteiger partial charge in [0.25, 0.3) is 5.91 Å². The lowest BCUT2D eigenvalue weighted by atomic mass is 9.86. The largest absolute Gasteiger partial charge is 0.352 e. The molecule has 0 radical (unpaired) electrons. The van der Waals surface area contributed by atoms with Crippen LogP contribution in [0, 0.1) is 11.8 Å². The fraction of sp³-hybridized carbons (Fsp3) is 0.583. The minimum atomic E-state index is -0.276. The molecule has 1 heterocycles. The minimum absolute atomic E-state index is 0.0405. The summed E-state index contributed by atoms with van der Waals surface area (Å²) in [6, 6.07) is 9.17. The van der Waals surface area contributed by atoms with Crippen LogP contribution >= 0.6 is 11.8 Å². The summed E-state index contributed by atoms with van der Waals surface area (Å²) < 4.78 is 2.00. The van der Waals surface area contributed by atoms with E-state index in [-0.39, 0.29) is 29.8 Å². The Labute approximate surface area is 195 Å². The molecule has 1 saturated carbocycles. The van der Waals surface area contributed by atoms with Crippen LogP contribution in [0.5, 0.6) is 0 Å². The van der Waals surface area contributed by atoms with E-state index in [1.165, 1.54) is 31.0 Å². The summed E-state index contributed by atoms with van der Waals surface area (Å²) in [5.41, 5.74) is 0.615. The van der Waals surface area contributed by atoms with E-state index >= 15 is 0 Å². The van der Waals surface area contributed by atoms with Gasteiger partial charge in [-0.1, -0.05) is 63.6 Å². The molecule has 0 spiro atoms. The quantitative estimate of drug-likeness (QED) is 0.551. The van der Waals surface area contributed by atoms with E-state index in [1.807, 2.05) is 29.7 Å². The van der Waals surface area contributed by atoms with Gasteiger partial charge in [0, 0.05) is 18.2 Å². The summed E-state index contributed by atoms with van der Waals surface area (Å²) >= 11 is 1.40. The number of benzene rings is 1. The number of hydrogen-bond donors (Lipinski definition) is 2. The number of thioether (sulfide) groups is 1. The predicted octanol–water partition coefficient (Wildman–Crippen LogP) is 4.21. The first-order valence-electron chi connectivity index (χ1n) is 11.6. The topological polar surface area (TPSA) is 88.9 Å². The van der Waals surface area contributed by atoms with E-state index in [9.17, 15) is 9.59 Å². The van der Waals surface area contributed by atoms with Crippen LogP contribution in [0.2, 0.25) is 0 Å². The Bertz CT molecular complexity index is 899. The van der Waals surface area contributed by atoms with Gasteiger partial charge in [-0.25, -0.2) is 0 Å². The minimum Gasteiger partial charge on any atom is -0.352 e. The Morgan fingerprint density at radius 2 is 1.88 bits per heavy atom. The molecule has 0 bridgehead atoms. The number of carbonyl (C=O) groups excluding carboxylic acids is 2. The Kier molecular flexibility index (Phi) is 8.73. The van der Waals surface area contributed by atoms with Crippen LogP contribution in [0.15, 0.2) is 35.5 Å². The van der Waals surface area contributed by atoms with Crippen molar-refractivity contribution in [2.75, 3.05) is 5.75 Å². The standard InChI is InChI=1S/C24H35N5O2S/c1-5-29-22(21(16(2)3)26-23(31)18-12-7-6-8-13-18)27-28-24(29)32-15-20(30)25-19-14-10-9-11-17(19)4/h6-8,12-13,16-17,19,21H,5,9-11,14-15H2,1-4H3,(H,25,30)(H,26,31)/t17-,19-,21+/m0/s1. The van der Waals surface area contributed by atoms with Crippen molar-refractivity contribution in [2.45, 2.75) is 77.2 Å². The molecular formula is C24H35N5O2S. The van der Waals surface area contributed by atoms with Gasteiger partial charge < -0.3 is 15.2 Å². The van der Waals surface area contributed by atoms with Crippen molar-refractivity contribution in [3.05, 3.63) is 41.7 Å². The van der Waals surface area contributed by atoms with Crippen LogP contribution in [0.1, 0.15) is 75.6 Å². The van der Waals surface area contributed by atoms with Gasteiger partial charge in [0.1, 0.15) is 0 Å². The number of carbonyl (C=O) groups is 2. The summed E-state index contributed by atoms with van der Waals surface area (Å²) in [7, 11) is 0. The number of amides is 2. The smallest absolute Gasteiger partial charge is 0.251 e.